The molecule has 10 heteroatoms. The number of rotatable bonds is 9. The molecule has 0 spiro atoms. The lowest BCUT2D eigenvalue weighted by Crippen LogP contribution is -2.15. The third kappa shape index (κ3) is 34.7. The number of hydrogen-bond donors (Lipinski definition) is 3. The minimum atomic E-state index is -0.197. The highest BCUT2D eigenvalue weighted by molar-refractivity contribution is 5.99. The van der Waals surface area contributed by atoms with Crippen LogP contribution < -0.4 is 17.2 Å². The zero-order chi connectivity index (χ0) is 19.7. The molecular formula is C15H30AlN3O6. The van der Waals surface area contributed by atoms with Crippen molar-refractivity contribution in [2.24, 2.45) is 17.2 Å². The summed E-state index contributed by atoms with van der Waals surface area (Å²) < 4.78 is 0. The second kappa shape index (κ2) is 20.5. The van der Waals surface area contributed by atoms with E-state index in [2.05, 4.69) is 0 Å². The molecule has 0 unspecified atom stereocenters. The number of carbonyl (C=O) groups is 6. The Morgan fingerprint density at radius 1 is 0.520 bits per heavy atom. The van der Waals surface area contributed by atoms with E-state index < -0.39 is 0 Å². The van der Waals surface area contributed by atoms with Crippen molar-refractivity contribution in [1.82, 2.24) is 0 Å². The smallest absolute Gasteiger partial charge is 0.187 e. The van der Waals surface area contributed by atoms with Crippen molar-refractivity contribution in [3.05, 3.63) is 0 Å². The fraction of sp³-hybridized carbons (Fsp3) is 0.600. The lowest BCUT2D eigenvalue weighted by Gasteiger charge is -1.87. The van der Waals surface area contributed by atoms with Gasteiger partial charge >= 0.3 is 0 Å². The van der Waals surface area contributed by atoms with Gasteiger partial charge in [-0.2, -0.15) is 0 Å². The van der Waals surface area contributed by atoms with Crippen molar-refractivity contribution in [2.45, 2.75) is 40.0 Å². The van der Waals surface area contributed by atoms with E-state index in [1.165, 1.54) is 20.8 Å². The van der Waals surface area contributed by atoms with E-state index in [1.54, 1.807) is 0 Å². The highest BCUT2D eigenvalue weighted by Gasteiger charge is 2.01. The maximum Gasteiger partial charge on any atom is 0.187 e. The van der Waals surface area contributed by atoms with Gasteiger partial charge in [0.15, 0.2) is 34.7 Å². The summed E-state index contributed by atoms with van der Waals surface area (Å²) in [5.41, 5.74) is 14.8. The van der Waals surface area contributed by atoms with E-state index in [4.69, 9.17) is 17.2 Å². The molecule has 0 aliphatic carbocycles. The van der Waals surface area contributed by atoms with Gasteiger partial charge in [0.05, 0.1) is 38.9 Å². The fourth-order valence-electron chi connectivity index (χ4n) is 1.05. The Morgan fingerprint density at radius 2 is 0.680 bits per heavy atom. The summed E-state index contributed by atoms with van der Waals surface area (Å²) in [5, 5.41) is 0. The van der Waals surface area contributed by atoms with Crippen LogP contribution in [0.25, 0.3) is 0 Å². The van der Waals surface area contributed by atoms with Crippen LogP contribution in [0.3, 0.4) is 0 Å². The molecule has 0 aliphatic heterocycles. The summed E-state index contributed by atoms with van der Waals surface area (Å²) in [6.07, 6.45) is -0.0521. The average Bonchev–Trinajstić information content (AvgIpc) is 2.46. The summed E-state index contributed by atoms with van der Waals surface area (Å²) >= 11 is 0. The van der Waals surface area contributed by atoms with Crippen molar-refractivity contribution in [3.63, 3.8) is 0 Å². The second-order valence-electron chi connectivity index (χ2n) is 4.86. The van der Waals surface area contributed by atoms with Crippen LogP contribution >= 0.6 is 0 Å². The molecule has 0 aromatic carbocycles. The SMILES string of the molecule is CC(=O)CC(=O)CN.CC(=O)CC(=O)CN.CC(=O)CC(=O)CN.[AlH3]. The molecule has 0 fully saturated rings. The van der Waals surface area contributed by atoms with Crippen molar-refractivity contribution in [3.8, 4) is 0 Å². The number of nitrogens with two attached hydrogens (primary N) is 3. The summed E-state index contributed by atoms with van der Waals surface area (Å²) in [4.78, 5) is 61.2. The second-order valence-corrected chi connectivity index (χ2v) is 4.86. The molecule has 0 aliphatic rings. The van der Waals surface area contributed by atoms with Gasteiger partial charge in [0.25, 0.3) is 0 Å². The molecule has 0 rings (SSSR count). The topological polar surface area (TPSA) is 180 Å². The predicted octanol–water partition coefficient (Wildman–Crippen LogP) is -2.70. The van der Waals surface area contributed by atoms with Crippen molar-refractivity contribution in [1.29, 1.82) is 0 Å². The van der Waals surface area contributed by atoms with Crippen LogP contribution in [0.2, 0.25) is 0 Å². The quantitative estimate of drug-likeness (QED) is 0.285. The minimum Gasteiger partial charge on any atom is -0.324 e. The van der Waals surface area contributed by atoms with E-state index in [9.17, 15) is 28.8 Å². The minimum absolute atomic E-state index is 0. The number of hydrogen-bond acceptors (Lipinski definition) is 9. The Labute approximate surface area is 158 Å². The van der Waals surface area contributed by atoms with Gasteiger partial charge in [-0.1, -0.05) is 0 Å². The third-order valence-corrected chi connectivity index (χ3v) is 2.02. The van der Waals surface area contributed by atoms with Crippen LogP contribution in [-0.2, 0) is 28.8 Å². The molecule has 0 radical (unpaired) electrons. The molecule has 9 nitrogen and oxygen atoms in total. The van der Waals surface area contributed by atoms with Gasteiger partial charge in [0, 0.05) is 0 Å². The molecule has 0 bridgehead atoms. The Morgan fingerprint density at radius 3 is 0.720 bits per heavy atom. The summed E-state index contributed by atoms with van der Waals surface area (Å²) in [5.74, 6) is -0.964. The Bertz CT molecular complexity index is 400. The first-order valence-electron chi connectivity index (χ1n) is 7.13. The van der Waals surface area contributed by atoms with Crippen LogP contribution in [0.1, 0.15) is 40.0 Å². The maximum atomic E-state index is 10.3. The third-order valence-electron chi connectivity index (χ3n) is 2.02. The van der Waals surface area contributed by atoms with Gasteiger partial charge < -0.3 is 17.2 Å². The van der Waals surface area contributed by atoms with Gasteiger partial charge in [-0.05, 0) is 20.8 Å². The van der Waals surface area contributed by atoms with Gasteiger partial charge in [0.2, 0.25) is 0 Å². The van der Waals surface area contributed by atoms with Gasteiger partial charge in [0.1, 0.15) is 17.3 Å². The van der Waals surface area contributed by atoms with Crippen LogP contribution in [0.4, 0.5) is 0 Å². The lowest BCUT2D eigenvalue weighted by atomic mass is 10.2. The van der Waals surface area contributed by atoms with Crippen LogP contribution in [0.15, 0.2) is 0 Å². The Kier molecular flexibility index (Phi) is 25.6. The first kappa shape index (κ1) is 31.2. The molecule has 0 saturated carbocycles. The Hall–Kier alpha value is -1.57. The summed E-state index contributed by atoms with van der Waals surface area (Å²) in [6.45, 7) is 4.02. The van der Waals surface area contributed by atoms with Crippen LogP contribution in [0, 0.1) is 0 Å². The fourth-order valence-corrected chi connectivity index (χ4v) is 1.05. The number of carbonyl (C=O) groups excluding carboxylic acids is 6. The van der Waals surface area contributed by atoms with E-state index >= 15 is 0 Å². The maximum absolute atomic E-state index is 10.3. The van der Waals surface area contributed by atoms with Crippen molar-refractivity contribution in [2.75, 3.05) is 19.6 Å². The normalized spacial score (nSPS) is 8.40. The average molecular weight is 375 g/mol. The van der Waals surface area contributed by atoms with Crippen LogP contribution in [0.5, 0.6) is 0 Å². The summed E-state index contributed by atoms with van der Waals surface area (Å²) in [6, 6.07) is 0. The largest absolute Gasteiger partial charge is 0.324 e. The predicted molar refractivity (Wildman–Crippen MR) is 98.0 cm³/mol. The van der Waals surface area contributed by atoms with E-state index in [0.717, 1.165) is 0 Å². The monoisotopic (exact) mass is 375 g/mol. The molecule has 0 atom stereocenters. The standard InChI is InChI=1S/3C5H9NO2.Al.3H/c3*1-4(7)2-5(8)3-6;;;;/h3*2-3,6H2,1H3;;;;. The molecule has 6 N–H and O–H groups in total. The summed E-state index contributed by atoms with van der Waals surface area (Å²) in [7, 11) is 0. The molecular weight excluding hydrogens is 345 g/mol. The van der Waals surface area contributed by atoms with Gasteiger partial charge in [-0.25, -0.2) is 0 Å². The molecule has 25 heavy (non-hydrogen) atoms. The zero-order valence-electron chi connectivity index (χ0n) is 14.4. The number of ketones is 6. The van der Waals surface area contributed by atoms with E-state index in [-0.39, 0.29) is 91.0 Å². The lowest BCUT2D eigenvalue weighted by molar-refractivity contribution is -0.126. The zero-order valence-corrected chi connectivity index (χ0v) is 14.4. The molecule has 0 saturated heterocycles. The highest BCUT2D eigenvalue weighted by atomic mass is 27.0. The van der Waals surface area contributed by atoms with Gasteiger partial charge in [-0.15, -0.1) is 0 Å². The highest BCUT2D eigenvalue weighted by Crippen LogP contribution is 1.81. The first-order valence-corrected chi connectivity index (χ1v) is 7.13. The molecule has 0 aromatic rings. The van der Waals surface area contributed by atoms with Gasteiger partial charge in [-0.3, -0.25) is 28.8 Å². The molecule has 0 aromatic heterocycles. The van der Waals surface area contributed by atoms with Crippen LogP contribution in [-0.4, -0.2) is 71.7 Å². The molecule has 144 valence electrons. The van der Waals surface area contributed by atoms with E-state index in [0.29, 0.717) is 0 Å². The molecule has 0 amide bonds. The van der Waals surface area contributed by atoms with Crippen molar-refractivity contribution >= 4 is 52.1 Å². The Balaban J connectivity index is -0.000000130. The molecule has 0 heterocycles. The number of Topliss-reactive ketones (excluding diaryl/α,β-unsaturated/α-hetero) is 6. The first-order chi connectivity index (χ1) is 11.0. The van der Waals surface area contributed by atoms with Crippen molar-refractivity contribution < 1.29 is 28.8 Å². The van der Waals surface area contributed by atoms with E-state index in [1.807, 2.05) is 0 Å².